The van der Waals surface area contributed by atoms with E-state index < -0.39 is 5.60 Å². The molecule has 0 saturated carbocycles. The van der Waals surface area contributed by atoms with Gasteiger partial charge in [-0.25, -0.2) is 4.79 Å². The molecule has 1 unspecified atom stereocenters. The molecule has 15 heavy (non-hydrogen) atoms. The first-order chi connectivity index (χ1) is 6.89. The van der Waals surface area contributed by atoms with Gasteiger partial charge in [-0.05, 0) is 40.7 Å². The predicted molar refractivity (Wildman–Crippen MR) is 62.0 cm³/mol. The Labute approximate surface area is 92.8 Å². The van der Waals surface area contributed by atoms with E-state index >= 15 is 0 Å². The summed E-state index contributed by atoms with van der Waals surface area (Å²) in [6.45, 7) is 8.34. The summed E-state index contributed by atoms with van der Waals surface area (Å²) < 4.78 is 5.12. The van der Waals surface area contributed by atoms with Crippen molar-refractivity contribution in [1.29, 1.82) is 0 Å². The van der Waals surface area contributed by atoms with Crippen molar-refractivity contribution in [3.05, 3.63) is 0 Å². The minimum absolute atomic E-state index is 0.339. The molecule has 0 rings (SSSR count). The van der Waals surface area contributed by atoms with Crippen molar-refractivity contribution in [3.63, 3.8) is 0 Å². The second-order valence-electron chi connectivity index (χ2n) is 4.61. The second kappa shape index (κ2) is 6.67. The topological polar surface area (TPSA) is 50.4 Å². The van der Waals surface area contributed by atoms with Crippen LogP contribution in [-0.4, -0.2) is 31.3 Å². The third kappa shape index (κ3) is 8.24. The summed E-state index contributed by atoms with van der Waals surface area (Å²) in [6, 6.07) is 0.458. The van der Waals surface area contributed by atoms with Crippen LogP contribution in [0.4, 0.5) is 4.79 Å². The lowest BCUT2D eigenvalue weighted by Crippen LogP contribution is -2.35. The fourth-order valence-electron chi connectivity index (χ4n) is 1.22. The SMILES string of the molecule is CCC(CCNC(=O)OC(C)(C)C)NC. The van der Waals surface area contributed by atoms with Crippen LogP contribution in [0.25, 0.3) is 0 Å². The standard InChI is InChI=1S/C11H24N2O2/c1-6-9(12-5)7-8-13-10(14)15-11(2,3)4/h9,12H,6-8H2,1-5H3,(H,13,14). The van der Waals surface area contributed by atoms with Gasteiger partial charge in [0.25, 0.3) is 0 Å². The van der Waals surface area contributed by atoms with Gasteiger partial charge >= 0.3 is 6.09 Å². The largest absolute Gasteiger partial charge is 0.444 e. The summed E-state index contributed by atoms with van der Waals surface area (Å²) in [5.41, 5.74) is -0.419. The van der Waals surface area contributed by atoms with Gasteiger partial charge in [-0.2, -0.15) is 0 Å². The Balaban J connectivity index is 3.64. The zero-order valence-corrected chi connectivity index (χ0v) is 10.5. The van der Waals surface area contributed by atoms with Crippen LogP contribution >= 0.6 is 0 Å². The van der Waals surface area contributed by atoms with Crippen molar-refractivity contribution in [2.24, 2.45) is 0 Å². The summed E-state index contributed by atoms with van der Waals surface area (Å²) >= 11 is 0. The lowest BCUT2D eigenvalue weighted by Gasteiger charge is -2.20. The van der Waals surface area contributed by atoms with Gasteiger partial charge in [0.05, 0.1) is 0 Å². The molecule has 1 atom stereocenters. The molecule has 0 aliphatic heterocycles. The highest BCUT2D eigenvalue weighted by molar-refractivity contribution is 5.67. The van der Waals surface area contributed by atoms with E-state index in [4.69, 9.17) is 4.74 Å². The second-order valence-corrected chi connectivity index (χ2v) is 4.61. The number of alkyl carbamates (subject to hydrolysis) is 1. The van der Waals surface area contributed by atoms with E-state index in [-0.39, 0.29) is 6.09 Å². The van der Waals surface area contributed by atoms with E-state index in [9.17, 15) is 4.79 Å². The normalized spacial score (nSPS) is 13.4. The van der Waals surface area contributed by atoms with Crippen LogP contribution in [0.1, 0.15) is 40.5 Å². The number of hydrogen-bond donors (Lipinski definition) is 2. The summed E-state index contributed by atoms with van der Waals surface area (Å²) in [6.07, 6.45) is 1.65. The number of carbonyl (C=O) groups is 1. The molecule has 0 aliphatic rings. The maximum absolute atomic E-state index is 11.3. The number of amides is 1. The molecule has 0 aromatic heterocycles. The summed E-state index contributed by atoms with van der Waals surface area (Å²) in [4.78, 5) is 11.3. The van der Waals surface area contributed by atoms with E-state index in [0.717, 1.165) is 12.8 Å². The van der Waals surface area contributed by atoms with E-state index in [1.165, 1.54) is 0 Å². The average molecular weight is 216 g/mol. The summed E-state index contributed by atoms with van der Waals surface area (Å²) in [5.74, 6) is 0. The maximum Gasteiger partial charge on any atom is 0.407 e. The molecule has 4 heteroatoms. The molecule has 0 aromatic rings. The van der Waals surface area contributed by atoms with Gasteiger partial charge in [0.15, 0.2) is 0 Å². The summed E-state index contributed by atoms with van der Waals surface area (Å²) in [5, 5.41) is 5.92. The monoisotopic (exact) mass is 216 g/mol. The van der Waals surface area contributed by atoms with E-state index in [1.807, 2.05) is 27.8 Å². The van der Waals surface area contributed by atoms with Gasteiger partial charge in [0.2, 0.25) is 0 Å². The number of carbonyl (C=O) groups excluding carboxylic acids is 1. The molecule has 2 N–H and O–H groups in total. The minimum Gasteiger partial charge on any atom is -0.444 e. The quantitative estimate of drug-likeness (QED) is 0.738. The Morgan fingerprint density at radius 2 is 2.00 bits per heavy atom. The van der Waals surface area contributed by atoms with Crippen LogP contribution in [0.5, 0.6) is 0 Å². The Kier molecular flexibility index (Phi) is 6.32. The Morgan fingerprint density at radius 1 is 1.40 bits per heavy atom. The van der Waals surface area contributed by atoms with E-state index in [1.54, 1.807) is 0 Å². The van der Waals surface area contributed by atoms with Crippen molar-refractivity contribution in [2.45, 2.75) is 52.2 Å². The Bertz CT molecular complexity index is 184. The third-order valence-corrected chi connectivity index (χ3v) is 2.06. The zero-order valence-electron chi connectivity index (χ0n) is 10.5. The van der Waals surface area contributed by atoms with E-state index in [2.05, 4.69) is 17.6 Å². The van der Waals surface area contributed by atoms with Gasteiger partial charge in [-0.3, -0.25) is 0 Å². The molecule has 0 spiro atoms. The number of hydrogen-bond acceptors (Lipinski definition) is 3. The molecule has 0 heterocycles. The van der Waals surface area contributed by atoms with Gasteiger partial charge in [-0.1, -0.05) is 6.92 Å². The summed E-state index contributed by atoms with van der Waals surface area (Å²) in [7, 11) is 1.93. The van der Waals surface area contributed by atoms with Crippen LogP contribution < -0.4 is 10.6 Å². The lowest BCUT2D eigenvalue weighted by atomic mass is 10.1. The highest BCUT2D eigenvalue weighted by Gasteiger charge is 2.15. The Morgan fingerprint density at radius 3 is 2.40 bits per heavy atom. The zero-order chi connectivity index (χ0) is 11.9. The van der Waals surface area contributed by atoms with Crippen LogP contribution in [0.2, 0.25) is 0 Å². The van der Waals surface area contributed by atoms with Crippen molar-refractivity contribution in [1.82, 2.24) is 10.6 Å². The number of ether oxygens (including phenoxy) is 1. The first-order valence-electron chi connectivity index (χ1n) is 5.53. The van der Waals surface area contributed by atoms with Gasteiger partial charge < -0.3 is 15.4 Å². The number of nitrogens with one attached hydrogen (secondary N) is 2. The highest BCUT2D eigenvalue weighted by Crippen LogP contribution is 2.06. The molecule has 0 aromatic carbocycles. The van der Waals surface area contributed by atoms with Crippen LogP contribution in [0.3, 0.4) is 0 Å². The molecule has 4 nitrogen and oxygen atoms in total. The smallest absolute Gasteiger partial charge is 0.407 e. The van der Waals surface area contributed by atoms with Crippen molar-refractivity contribution >= 4 is 6.09 Å². The van der Waals surface area contributed by atoms with Crippen molar-refractivity contribution < 1.29 is 9.53 Å². The van der Waals surface area contributed by atoms with Crippen LogP contribution in [0.15, 0.2) is 0 Å². The first-order valence-corrected chi connectivity index (χ1v) is 5.53. The van der Waals surface area contributed by atoms with Gasteiger partial charge in [0, 0.05) is 12.6 Å². The molecule has 90 valence electrons. The van der Waals surface area contributed by atoms with Crippen LogP contribution in [0, 0.1) is 0 Å². The molecule has 1 amide bonds. The molecule has 0 radical (unpaired) electrons. The fraction of sp³-hybridized carbons (Fsp3) is 0.909. The highest BCUT2D eigenvalue weighted by atomic mass is 16.6. The maximum atomic E-state index is 11.3. The molecular formula is C11H24N2O2. The molecule has 0 fully saturated rings. The van der Waals surface area contributed by atoms with E-state index in [0.29, 0.717) is 12.6 Å². The first kappa shape index (κ1) is 14.2. The molecular weight excluding hydrogens is 192 g/mol. The van der Waals surface area contributed by atoms with Crippen molar-refractivity contribution in [2.75, 3.05) is 13.6 Å². The van der Waals surface area contributed by atoms with Gasteiger partial charge in [0.1, 0.15) is 5.60 Å². The predicted octanol–water partition coefficient (Wildman–Crippen LogP) is 1.90. The van der Waals surface area contributed by atoms with Gasteiger partial charge in [-0.15, -0.1) is 0 Å². The Hall–Kier alpha value is -0.770. The molecule has 0 aliphatic carbocycles. The van der Waals surface area contributed by atoms with Crippen molar-refractivity contribution in [3.8, 4) is 0 Å². The minimum atomic E-state index is -0.419. The third-order valence-electron chi connectivity index (χ3n) is 2.06. The van der Waals surface area contributed by atoms with Crippen LogP contribution in [-0.2, 0) is 4.74 Å². The number of rotatable bonds is 5. The molecule has 0 bridgehead atoms. The fourth-order valence-corrected chi connectivity index (χ4v) is 1.22. The average Bonchev–Trinajstić information content (AvgIpc) is 2.09. The lowest BCUT2D eigenvalue weighted by molar-refractivity contribution is 0.0526. The molecule has 0 saturated heterocycles.